The number of benzene rings is 2. The Hall–Kier alpha value is -3.12. The average Bonchev–Trinajstić information content (AvgIpc) is 2.99. The molecule has 6 nitrogen and oxygen atoms in total. The van der Waals surface area contributed by atoms with Gasteiger partial charge >= 0.3 is 0 Å². The minimum Gasteiger partial charge on any atom is -0.494 e. The fourth-order valence-electron chi connectivity index (χ4n) is 4.30. The highest BCUT2D eigenvalue weighted by Crippen LogP contribution is 2.36. The Morgan fingerprint density at radius 3 is 2.06 bits per heavy atom. The van der Waals surface area contributed by atoms with Crippen LogP contribution >= 0.6 is 0 Å². The molecule has 0 aliphatic carbocycles. The van der Waals surface area contributed by atoms with Gasteiger partial charge in [0, 0.05) is 26.2 Å². The van der Waals surface area contributed by atoms with Crippen LogP contribution in [0.3, 0.4) is 0 Å². The Morgan fingerprint density at radius 1 is 0.871 bits per heavy atom. The molecule has 0 radical (unpaired) electrons. The number of aryl methyl sites for hydroxylation is 2. The zero-order valence-corrected chi connectivity index (χ0v) is 18.6. The topological polar surface area (TPSA) is 53.1 Å². The van der Waals surface area contributed by atoms with Crippen LogP contribution in [0.5, 0.6) is 5.75 Å². The molecule has 0 spiro atoms. The second-order valence-electron chi connectivity index (χ2n) is 8.26. The molecule has 4 rings (SSSR count). The van der Waals surface area contributed by atoms with Crippen molar-refractivity contribution in [1.82, 2.24) is 9.80 Å². The molecule has 1 fully saturated rings. The van der Waals surface area contributed by atoms with Gasteiger partial charge in [0.25, 0.3) is 11.8 Å². The number of hydrogen-bond acceptors (Lipinski definition) is 5. The lowest BCUT2D eigenvalue weighted by Crippen LogP contribution is -2.46. The highest BCUT2D eigenvalue weighted by atomic mass is 16.5. The van der Waals surface area contributed by atoms with Gasteiger partial charge in [-0.2, -0.15) is 0 Å². The maximum atomic E-state index is 13.6. The second kappa shape index (κ2) is 8.55. The third-order valence-electron chi connectivity index (χ3n) is 5.80. The van der Waals surface area contributed by atoms with Gasteiger partial charge in [-0.25, -0.2) is 4.90 Å². The zero-order valence-electron chi connectivity index (χ0n) is 18.6. The molecular weight excluding hydrogens is 390 g/mol. The lowest BCUT2D eigenvalue weighted by molar-refractivity contribution is -0.120. The molecule has 2 aliphatic heterocycles. The number of imide groups is 1. The summed E-state index contributed by atoms with van der Waals surface area (Å²) in [4.78, 5) is 32.9. The molecule has 0 aromatic heterocycles. The van der Waals surface area contributed by atoms with Crippen LogP contribution in [0.25, 0.3) is 5.57 Å². The summed E-state index contributed by atoms with van der Waals surface area (Å²) in [5.74, 6) is 0.229. The Bertz CT molecular complexity index is 1010. The van der Waals surface area contributed by atoms with Crippen molar-refractivity contribution in [3.05, 3.63) is 64.9 Å². The number of hydrogen-bond donors (Lipinski definition) is 0. The fourth-order valence-corrected chi connectivity index (χ4v) is 4.30. The van der Waals surface area contributed by atoms with Gasteiger partial charge in [-0.05, 0) is 68.8 Å². The van der Waals surface area contributed by atoms with Crippen molar-refractivity contribution in [2.75, 3.05) is 44.7 Å². The molecule has 2 amide bonds. The predicted molar refractivity (Wildman–Crippen MR) is 122 cm³/mol. The largest absolute Gasteiger partial charge is 0.494 e. The number of carbonyl (C=O) groups is 2. The Balaban J connectivity index is 1.79. The van der Waals surface area contributed by atoms with Gasteiger partial charge in [0.15, 0.2) is 0 Å². The summed E-state index contributed by atoms with van der Waals surface area (Å²) in [6, 6.07) is 13.3. The molecule has 0 unspecified atom stereocenters. The van der Waals surface area contributed by atoms with E-state index in [-0.39, 0.29) is 11.8 Å². The van der Waals surface area contributed by atoms with Crippen molar-refractivity contribution < 1.29 is 14.3 Å². The van der Waals surface area contributed by atoms with Gasteiger partial charge in [-0.3, -0.25) is 9.59 Å². The predicted octanol–water partition coefficient (Wildman–Crippen LogP) is 3.23. The van der Waals surface area contributed by atoms with Crippen LogP contribution in [0.1, 0.15) is 23.6 Å². The quantitative estimate of drug-likeness (QED) is 0.697. The summed E-state index contributed by atoms with van der Waals surface area (Å²) in [5.41, 5.74) is 4.37. The summed E-state index contributed by atoms with van der Waals surface area (Å²) in [6.07, 6.45) is 0. The number of carbonyl (C=O) groups excluding carboxylic acids is 2. The number of piperazine rings is 1. The van der Waals surface area contributed by atoms with Crippen molar-refractivity contribution in [3.8, 4) is 5.75 Å². The van der Waals surface area contributed by atoms with Crippen molar-refractivity contribution >= 4 is 23.1 Å². The van der Waals surface area contributed by atoms with Gasteiger partial charge in [-0.15, -0.1) is 0 Å². The van der Waals surface area contributed by atoms with Gasteiger partial charge < -0.3 is 14.5 Å². The van der Waals surface area contributed by atoms with Crippen molar-refractivity contribution in [2.45, 2.75) is 20.8 Å². The minimum absolute atomic E-state index is 0.247. The highest BCUT2D eigenvalue weighted by Gasteiger charge is 2.43. The number of nitrogens with zero attached hydrogens (tertiary/aromatic N) is 3. The summed E-state index contributed by atoms with van der Waals surface area (Å²) in [7, 11) is 2.07. The van der Waals surface area contributed by atoms with Crippen LogP contribution in [0.4, 0.5) is 5.69 Å². The van der Waals surface area contributed by atoms with Crippen LogP contribution in [0.15, 0.2) is 48.2 Å². The van der Waals surface area contributed by atoms with Crippen molar-refractivity contribution in [3.63, 3.8) is 0 Å². The molecule has 6 heteroatoms. The summed E-state index contributed by atoms with van der Waals surface area (Å²) < 4.78 is 5.55. The van der Waals surface area contributed by atoms with Crippen molar-refractivity contribution in [1.29, 1.82) is 0 Å². The molecule has 2 aliphatic rings. The van der Waals surface area contributed by atoms with E-state index in [9.17, 15) is 9.59 Å². The number of likely N-dealkylation sites (N-methyl/N-ethyl adjacent to an activating group) is 1. The van der Waals surface area contributed by atoms with E-state index in [4.69, 9.17) is 4.74 Å². The lowest BCUT2D eigenvalue weighted by Gasteiger charge is -2.34. The standard InChI is InChI=1S/C25H29N3O3/c1-5-31-21-8-6-19(7-9-21)22-23(27-12-10-26(4)11-13-27)25(30)28(24(22)29)20-15-17(2)14-18(3)16-20/h6-9,14-16H,5,10-13H2,1-4H3. The number of rotatable bonds is 5. The van der Waals surface area contributed by atoms with Crippen LogP contribution < -0.4 is 9.64 Å². The second-order valence-corrected chi connectivity index (χ2v) is 8.26. The third-order valence-corrected chi connectivity index (χ3v) is 5.80. The first kappa shape index (κ1) is 21.1. The third kappa shape index (κ3) is 4.08. The van der Waals surface area contributed by atoms with Gasteiger partial charge in [0.05, 0.1) is 17.9 Å². The monoisotopic (exact) mass is 419 g/mol. The minimum atomic E-state index is -0.270. The van der Waals surface area contributed by atoms with E-state index in [1.54, 1.807) is 0 Å². The molecule has 2 heterocycles. The van der Waals surface area contributed by atoms with Crippen LogP contribution in [-0.4, -0.2) is 61.4 Å². The molecule has 2 aromatic rings. The van der Waals surface area contributed by atoms with Gasteiger partial charge in [0.2, 0.25) is 0 Å². The van der Waals surface area contributed by atoms with Gasteiger partial charge in [-0.1, -0.05) is 18.2 Å². The summed E-state index contributed by atoms with van der Waals surface area (Å²) in [6.45, 7) is 9.59. The average molecular weight is 420 g/mol. The van der Waals surface area contributed by atoms with E-state index in [1.165, 1.54) is 4.90 Å². The Kier molecular flexibility index (Phi) is 5.83. The first-order chi connectivity index (χ1) is 14.9. The first-order valence-electron chi connectivity index (χ1n) is 10.8. The lowest BCUT2D eigenvalue weighted by atomic mass is 10.0. The van der Waals surface area contributed by atoms with E-state index in [0.29, 0.717) is 36.7 Å². The van der Waals surface area contributed by atoms with Crippen LogP contribution in [0, 0.1) is 13.8 Å². The SMILES string of the molecule is CCOc1ccc(C2=C(N3CCN(C)CC3)C(=O)N(c3cc(C)cc(C)c3)C2=O)cc1. The molecule has 1 saturated heterocycles. The first-order valence-corrected chi connectivity index (χ1v) is 10.8. The maximum absolute atomic E-state index is 13.6. The Morgan fingerprint density at radius 2 is 1.48 bits per heavy atom. The van der Waals surface area contributed by atoms with Gasteiger partial charge in [0.1, 0.15) is 11.4 Å². The van der Waals surface area contributed by atoms with Crippen molar-refractivity contribution in [2.24, 2.45) is 0 Å². The van der Waals surface area contributed by atoms with E-state index < -0.39 is 0 Å². The summed E-state index contributed by atoms with van der Waals surface area (Å²) >= 11 is 0. The molecule has 0 saturated carbocycles. The number of ether oxygens (including phenoxy) is 1. The van der Waals surface area contributed by atoms with E-state index in [0.717, 1.165) is 35.5 Å². The molecule has 0 atom stereocenters. The zero-order chi connectivity index (χ0) is 22.1. The molecular formula is C25H29N3O3. The van der Waals surface area contributed by atoms with Crippen LogP contribution in [0.2, 0.25) is 0 Å². The number of amides is 2. The fraction of sp³-hybridized carbons (Fsp3) is 0.360. The van der Waals surface area contributed by atoms with Crippen LogP contribution in [-0.2, 0) is 9.59 Å². The molecule has 0 N–H and O–H groups in total. The summed E-state index contributed by atoms with van der Waals surface area (Å²) in [5, 5.41) is 0. The molecule has 2 aromatic carbocycles. The van der Waals surface area contributed by atoms with E-state index >= 15 is 0 Å². The maximum Gasteiger partial charge on any atom is 0.282 e. The van der Waals surface area contributed by atoms with E-state index in [1.807, 2.05) is 63.2 Å². The smallest absolute Gasteiger partial charge is 0.282 e. The highest BCUT2D eigenvalue weighted by molar-refractivity contribution is 6.45. The molecule has 31 heavy (non-hydrogen) atoms. The number of anilines is 1. The normalized spacial score (nSPS) is 17.7. The molecule has 162 valence electrons. The molecule has 0 bridgehead atoms. The van der Waals surface area contributed by atoms with E-state index in [2.05, 4.69) is 16.8 Å². The Labute approximate surface area is 183 Å².